The minimum atomic E-state index is 0.214. The molecule has 0 unspecified atom stereocenters. The van der Waals surface area contributed by atoms with Crippen molar-refractivity contribution in [3.05, 3.63) is 65.7 Å². The Hall–Kier alpha value is -2.09. The molecule has 0 amide bonds. The quantitative estimate of drug-likeness (QED) is 0.709. The van der Waals surface area contributed by atoms with Crippen LogP contribution in [0.15, 0.2) is 54.6 Å². The lowest BCUT2D eigenvalue weighted by molar-refractivity contribution is -0.117. The molecule has 2 aromatic carbocycles. The van der Waals surface area contributed by atoms with E-state index in [2.05, 4.69) is 18.2 Å². The van der Waals surface area contributed by atoms with Crippen LogP contribution >= 0.6 is 0 Å². The highest BCUT2D eigenvalue weighted by atomic mass is 16.5. The van der Waals surface area contributed by atoms with Gasteiger partial charge >= 0.3 is 0 Å². The van der Waals surface area contributed by atoms with Gasteiger partial charge in [-0.15, -0.1) is 0 Å². The molecule has 0 heterocycles. The van der Waals surface area contributed by atoms with Gasteiger partial charge in [0.25, 0.3) is 0 Å². The SMILES string of the molecule is CC(=O)CCCOc1ccccc1Cc1ccccc1. The van der Waals surface area contributed by atoms with Crippen LogP contribution in [0, 0.1) is 0 Å². The number of benzene rings is 2. The Kier molecular flexibility index (Phi) is 5.36. The first kappa shape index (κ1) is 14.3. The molecule has 2 nitrogen and oxygen atoms in total. The van der Waals surface area contributed by atoms with Crippen molar-refractivity contribution in [2.24, 2.45) is 0 Å². The molecule has 0 radical (unpaired) electrons. The Morgan fingerprint density at radius 3 is 2.45 bits per heavy atom. The van der Waals surface area contributed by atoms with Gasteiger partial charge in [0.1, 0.15) is 11.5 Å². The van der Waals surface area contributed by atoms with E-state index in [0.717, 1.165) is 18.6 Å². The third-order valence-corrected chi connectivity index (χ3v) is 3.14. The molecule has 0 saturated carbocycles. The predicted molar refractivity (Wildman–Crippen MR) is 81.1 cm³/mol. The van der Waals surface area contributed by atoms with Crippen LogP contribution in [0.4, 0.5) is 0 Å². The standard InChI is InChI=1S/C18H20O2/c1-15(19)8-7-13-20-18-12-6-5-11-17(18)14-16-9-3-2-4-10-16/h2-6,9-12H,7-8,13-14H2,1H3. The molecule has 0 saturated heterocycles. The molecular weight excluding hydrogens is 248 g/mol. The molecule has 2 aromatic rings. The van der Waals surface area contributed by atoms with Gasteiger partial charge in [0.2, 0.25) is 0 Å². The van der Waals surface area contributed by atoms with Crippen LogP contribution in [0.1, 0.15) is 30.9 Å². The lowest BCUT2D eigenvalue weighted by Crippen LogP contribution is -2.02. The molecule has 0 aromatic heterocycles. The second-order valence-corrected chi connectivity index (χ2v) is 4.92. The Morgan fingerprint density at radius 1 is 1.00 bits per heavy atom. The van der Waals surface area contributed by atoms with Crippen LogP contribution in [0.2, 0.25) is 0 Å². The van der Waals surface area contributed by atoms with E-state index < -0.39 is 0 Å². The van der Waals surface area contributed by atoms with Gasteiger partial charge in [-0.1, -0.05) is 48.5 Å². The van der Waals surface area contributed by atoms with Crippen molar-refractivity contribution in [3.8, 4) is 5.75 Å². The first-order valence-corrected chi connectivity index (χ1v) is 7.00. The second kappa shape index (κ2) is 7.49. The Balaban J connectivity index is 1.97. The van der Waals surface area contributed by atoms with Gasteiger partial charge in [-0.25, -0.2) is 0 Å². The maximum Gasteiger partial charge on any atom is 0.129 e. The number of hydrogen-bond donors (Lipinski definition) is 0. The molecule has 0 spiro atoms. The van der Waals surface area contributed by atoms with E-state index in [9.17, 15) is 4.79 Å². The number of hydrogen-bond acceptors (Lipinski definition) is 2. The summed E-state index contributed by atoms with van der Waals surface area (Å²) >= 11 is 0. The zero-order chi connectivity index (χ0) is 14.2. The van der Waals surface area contributed by atoms with Crippen LogP contribution in [0.3, 0.4) is 0 Å². The summed E-state index contributed by atoms with van der Waals surface area (Å²) in [6.07, 6.45) is 2.22. The lowest BCUT2D eigenvalue weighted by Gasteiger charge is -2.11. The molecule has 0 atom stereocenters. The number of Topliss-reactive ketones (excluding diaryl/α,β-unsaturated/α-hetero) is 1. The summed E-state index contributed by atoms with van der Waals surface area (Å²) in [5, 5.41) is 0. The molecule has 104 valence electrons. The fraction of sp³-hybridized carbons (Fsp3) is 0.278. The van der Waals surface area contributed by atoms with E-state index in [4.69, 9.17) is 4.74 Å². The van der Waals surface area contributed by atoms with Crippen molar-refractivity contribution in [2.45, 2.75) is 26.2 Å². The third-order valence-electron chi connectivity index (χ3n) is 3.14. The van der Waals surface area contributed by atoms with E-state index in [1.807, 2.05) is 36.4 Å². The number of ether oxygens (including phenoxy) is 1. The second-order valence-electron chi connectivity index (χ2n) is 4.92. The number of para-hydroxylation sites is 1. The summed E-state index contributed by atoms with van der Waals surface area (Å²) in [5.74, 6) is 1.13. The van der Waals surface area contributed by atoms with E-state index in [-0.39, 0.29) is 5.78 Å². The van der Waals surface area contributed by atoms with Crippen molar-refractivity contribution in [1.29, 1.82) is 0 Å². The average Bonchev–Trinajstić information content (AvgIpc) is 2.46. The summed E-state index contributed by atoms with van der Waals surface area (Å²) in [7, 11) is 0. The molecule has 20 heavy (non-hydrogen) atoms. The van der Waals surface area contributed by atoms with Crippen molar-refractivity contribution in [2.75, 3.05) is 6.61 Å². The lowest BCUT2D eigenvalue weighted by atomic mass is 10.0. The predicted octanol–water partition coefficient (Wildman–Crippen LogP) is 4.03. The highest BCUT2D eigenvalue weighted by Gasteiger charge is 2.04. The van der Waals surface area contributed by atoms with Crippen LogP contribution in [-0.4, -0.2) is 12.4 Å². The zero-order valence-electron chi connectivity index (χ0n) is 11.8. The Bertz CT molecular complexity index is 546. The zero-order valence-corrected chi connectivity index (χ0v) is 11.8. The third kappa shape index (κ3) is 4.54. The molecule has 0 N–H and O–H groups in total. The molecule has 0 fully saturated rings. The monoisotopic (exact) mass is 268 g/mol. The Labute approximate surface area is 120 Å². The normalized spacial score (nSPS) is 10.2. The fourth-order valence-corrected chi connectivity index (χ4v) is 2.11. The van der Waals surface area contributed by atoms with E-state index in [1.165, 1.54) is 11.1 Å². The molecule has 2 heteroatoms. The fourth-order valence-electron chi connectivity index (χ4n) is 2.11. The number of carbonyl (C=O) groups excluding carboxylic acids is 1. The summed E-state index contributed by atoms with van der Waals surface area (Å²) < 4.78 is 5.81. The summed E-state index contributed by atoms with van der Waals surface area (Å²) in [6.45, 7) is 2.20. The maximum atomic E-state index is 10.9. The molecule has 0 aliphatic heterocycles. The van der Waals surface area contributed by atoms with Gasteiger partial charge in [0, 0.05) is 12.8 Å². The summed E-state index contributed by atoms with van der Waals surface area (Å²) in [5.41, 5.74) is 2.45. The molecular formula is C18H20O2. The molecule has 0 aliphatic carbocycles. The smallest absolute Gasteiger partial charge is 0.129 e. The van der Waals surface area contributed by atoms with E-state index >= 15 is 0 Å². The van der Waals surface area contributed by atoms with E-state index in [0.29, 0.717) is 13.0 Å². The van der Waals surface area contributed by atoms with Crippen molar-refractivity contribution < 1.29 is 9.53 Å². The maximum absolute atomic E-state index is 10.9. The minimum absolute atomic E-state index is 0.214. The van der Waals surface area contributed by atoms with Gasteiger partial charge in [-0.05, 0) is 30.5 Å². The van der Waals surface area contributed by atoms with Crippen molar-refractivity contribution >= 4 is 5.78 Å². The first-order valence-electron chi connectivity index (χ1n) is 7.00. The largest absolute Gasteiger partial charge is 0.493 e. The van der Waals surface area contributed by atoms with Gasteiger partial charge in [-0.3, -0.25) is 0 Å². The summed E-state index contributed by atoms with van der Waals surface area (Å²) in [4.78, 5) is 10.9. The van der Waals surface area contributed by atoms with Gasteiger partial charge in [0.15, 0.2) is 0 Å². The van der Waals surface area contributed by atoms with Gasteiger partial charge in [-0.2, -0.15) is 0 Å². The van der Waals surface area contributed by atoms with Crippen LogP contribution in [-0.2, 0) is 11.2 Å². The highest BCUT2D eigenvalue weighted by molar-refractivity contribution is 5.75. The van der Waals surface area contributed by atoms with Crippen LogP contribution in [0.5, 0.6) is 5.75 Å². The first-order chi connectivity index (χ1) is 9.75. The molecule has 0 bridgehead atoms. The minimum Gasteiger partial charge on any atom is -0.493 e. The van der Waals surface area contributed by atoms with Gasteiger partial charge < -0.3 is 9.53 Å². The average molecular weight is 268 g/mol. The van der Waals surface area contributed by atoms with Gasteiger partial charge in [0.05, 0.1) is 6.61 Å². The van der Waals surface area contributed by atoms with Crippen molar-refractivity contribution in [1.82, 2.24) is 0 Å². The molecule has 0 aliphatic rings. The number of ketones is 1. The van der Waals surface area contributed by atoms with Crippen LogP contribution < -0.4 is 4.74 Å². The van der Waals surface area contributed by atoms with Crippen molar-refractivity contribution in [3.63, 3.8) is 0 Å². The number of rotatable bonds is 7. The topological polar surface area (TPSA) is 26.3 Å². The highest BCUT2D eigenvalue weighted by Crippen LogP contribution is 2.21. The van der Waals surface area contributed by atoms with E-state index in [1.54, 1.807) is 6.92 Å². The van der Waals surface area contributed by atoms with Crippen LogP contribution in [0.25, 0.3) is 0 Å². The molecule has 2 rings (SSSR count). The Morgan fingerprint density at radius 2 is 1.70 bits per heavy atom. The number of carbonyl (C=O) groups is 1. The summed E-state index contributed by atoms with van der Waals surface area (Å²) in [6, 6.07) is 18.4.